The summed E-state index contributed by atoms with van der Waals surface area (Å²) in [5, 5.41) is 7.77. The number of rotatable bonds is 5. The number of anilines is 1. The van der Waals surface area contributed by atoms with Crippen LogP contribution in [0.4, 0.5) is 5.69 Å². The number of carbonyl (C=O) groups excluding carboxylic acids is 1. The average Bonchev–Trinajstić information content (AvgIpc) is 3.17. The molecule has 4 rings (SSSR count). The first kappa shape index (κ1) is 20.7. The summed E-state index contributed by atoms with van der Waals surface area (Å²) in [7, 11) is -3.51. The SMILES string of the molecule is CC(C)n1ncc2c(C(=O)Nc3ccccc3S(C)(=O)=O)cc(-c3ccccc3)nc21. The molecule has 1 amide bonds. The highest BCUT2D eigenvalue weighted by Gasteiger charge is 2.21. The minimum Gasteiger partial charge on any atom is -0.321 e. The van der Waals surface area contributed by atoms with Crippen LogP contribution in [0.25, 0.3) is 22.3 Å². The third-order valence-corrected chi connectivity index (χ3v) is 6.06. The molecule has 0 atom stereocenters. The van der Waals surface area contributed by atoms with Crippen molar-refractivity contribution in [2.24, 2.45) is 0 Å². The number of hydrogen-bond acceptors (Lipinski definition) is 5. The number of aromatic nitrogens is 3. The number of fused-ring (bicyclic) bond motifs is 1. The Morgan fingerprint density at radius 2 is 1.71 bits per heavy atom. The maximum absolute atomic E-state index is 13.3. The third-order valence-electron chi connectivity index (χ3n) is 4.90. The molecule has 0 radical (unpaired) electrons. The molecule has 0 saturated heterocycles. The smallest absolute Gasteiger partial charge is 0.256 e. The van der Waals surface area contributed by atoms with Gasteiger partial charge in [0.1, 0.15) is 0 Å². The molecule has 8 heteroatoms. The molecule has 0 aliphatic heterocycles. The van der Waals surface area contributed by atoms with Gasteiger partial charge in [-0.05, 0) is 32.0 Å². The second-order valence-corrected chi connectivity index (χ2v) is 9.55. The van der Waals surface area contributed by atoms with Gasteiger partial charge >= 0.3 is 0 Å². The van der Waals surface area contributed by atoms with E-state index in [9.17, 15) is 13.2 Å². The molecule has 0 bridgehead atoms. The first-order valence-corrected chi connectivity index (χ1v) is 11.7. The van der Waals surface area contributed by atoms with E-state index in [1.54, 1.807) is 35.1 Å². The summed E-state index contributed by atoms with van der Waals surface area (Å²) in [5.74, 6) is -0.427. The lowest BCUT2D eigenvalue weighted by Gasteiger charge is -2.12. The zero-order valence-electron chi connectivity index (χ0n) is 17.4. The maximum atomic E-state index is 13.3. The Morgan fingerprint density at radius 3 is 2.39 bits per heavy atom. The lowest BCUT2D eigenvalue weighted by atomic mass is 10.1. The number of amides is 1. The highest BCUT2D eigenvalue weighted by molar-refractivity contribution is 7.90. The molecular formula is C23H22N4O3S. The molecule has 0 fully saturated rings. The van der Waals surface area contributed by atoms with Gasteiger partial charge in [-0.3, -0.25) is 4.79 Å². The number of carbonyl (C=O) groups is 1. The van der Waals surface area contributed by atoms with Crippen molar-refractivity contribution >= 4 is 32.5 Å². The van der Waals surface area contributed by atoms with Gasteiger partial charge in [0.05, 0.1) is 33.4 Å². The first-order valence-electron chi connectivity index (χ1n) is 9.80. The third kappa shape index (κ3) is 4.06. The zero-order valence-corrected chi connectivity index (χ0v) is 18.2. The van der Waals surface area contributed by atoms with E-state index in [1.807, 2.05) is 44.2 Å². The minimum absolute atomic E-state index is 0.0536. The van der Waals surface area contributed by atoms with Gasteiger partial charge in [-0.15, -0.1) is 0 Å². The van der Waals surface area contributed by atoms with Crippen molar-refractivity contribution in [3.63, 3.8) is 0 Å². The first-order chi connectivity index (χ1) is 14.8. The summed E-state index contributed by atoms with van der Waals surface area (Å²) in [6.07, 6.45) is 2.73. The van der Waals surface area contributed by atoms with E-state index < -0.39 is 15.7 Å². The second kappa shape index (κ2) is 7.96. The molecule has 0 unspecified atom stereocenters. The molecule has 2 heterocycles. The topological polar surface area (TPSA) is 94.0 Å². The normalized spacial score (nSPS) is 11.7. The largest absolute Gasteiger partial charge is 0.321 e. The van der Waals surface area contributed by atoms with Gasteiger partial charge < -0.3 is 5.32 Å². The molecule has 0 saturated carbocycles. The molecule has 31 heavy (non-hydrogen) atoms. The number of nitrogens with one attached hydrogen (secondary N) is 1. The number of pyridine rings is 1. The number of para-hydroxylation sites is 1. The average molecular weight is 435 g/mol. The zero-order chi connectivity index (χ0) is 22.2. The fraction of sp³-hybridized carbons (Fsp3) is 0.174. The number of benzene rings is 2. The Morgan fingerprint density at radius 1 is 1.03 bits per heavy atom. The quantitative estimate of drug-likeness (QED) is 0.504. The Labute approximate surface area is 180 Å². The van der Waals surface area contributed by atoms with Crippen LogP contribution in [-0.4, -0.2) is 35.3 Å². The molecule has 4 aromatic rings. The van der Waals surface area contributed by atoms with Crippen LogP contribution in [0.1, 0.15) is 30.2 Å². The van der Waals surface area contributed by atoms with Gasteiger partial charge in [-0.25, -0.2) is 18.1 Å². The van der Waals surface area contributed by atoms with Crippen LogP contribution in [0.2, 0.25) is 0 Å². The summed E-state index contributed by atoms with van der Waals surface area (Å²) in [4.78, 5) is 18.1. The number of hydrogen-bond donors (Lipinski definition) is 1. The van der Waals surface area contributed by atoms with Crippen molar-refractivity contribution in [3.05, 3.63) is 72.4 Å². The van der Waals surface area contributed by atoms with Crippen LogP contribution in [-0.2, 0) is 9.84 Å². The van der Waals surface area contributed by atoms with Crippen LogP contribution >= 0.6 is 0 Å². The van der Waals surface area contributed by atoms with Crippen molar-refractivity contribution < 1.29 is 13.2 Å². The van der Waals surface area contributed by atoms with E-state index in [0.29, 0.717) is 22.3 Å². The van der Waals surface area contributed by atoms with Crippen LogP contribution in [0.3, 0.4) is 0 Å². The number of nitrogens with zero attached hydrogens (tertiary/aromatic N) is 3. The lowest BCUT2D eigenvalue weighted by molar-refractivity contribution is 0.102. The van der Waals surface area contributed by atoms with Crippen LogP contribution in [0.15, 0.2) is 71.8 Å². The Balaban J connectivity index is 1.86. The van der Waals surface area contributed by atoms with Crippen molar-refractivity contribution in [1.82, 2.24) is 14.8 Å². The summed E-state index contributed by atoms with van der Waals surface area (Å²) in [5.41, 5.74) is 2.71. The number of sulfone groups is 1. The molecule has 0 aliphatic rings. The second-order valence-electron chi connectivity index (χ2n) is 7.56. The molecule has 0 spiro atoms. The van der Waals surface area contributed by atoms with Gasteiger partial charge in [0.25, 0.3) is 5.91 Å². The summed E-state index contributed by atoms with van der Waals surface area (Å²) in [6, 6.07) is 17.7. The van der Waals surface area contributed by atoms with E-state index in [-0.39, 0.29) is 16.6 Å². The van der Waals surface area contributed by atoms with E-state index in [0.717, 1.165) is 11.8 Å². The highest BCUT2D eigenvalue weighted by Crippen LogP contribution is 2.28. The van der Waals surface area contributed by atoms with E-state index in [1.165, 1.54) is 6.07 Å². The van der Waals surface area contributed by atoms with E-state index >= 15 is 0 Å². The molecule has 158 valence electrons. The molecule has 2 aromatic heterocycles. The maximum Gasteiger partial charge on any atom is 0.256 e. The Kier molecular flexibility index (Phi) is 5.32. The Hall–Kier alpha value is -3.52. The van der Waals surface area contributed by atoms with Gasteiger partial charge in [0.15, 0.2) is 15.5 Å². The van der Waals surface area contributed by atoms with Gasteiger partial charge in [-0.2, -0.15) is 5.10 Å². The lowest BCUT2D eigenvalue weighted by Crippen LogP contribution is -2.15. The van der Waals surface area contributed by atoms with Crippen LogP contribution < -0.4 is 5.32 Å². The monoisotopic (exact) mass is 434 g/mol. The predicted molar refractivity (Wildman–Crippen MR) is 121 cm³/mol. The standard InChI is InChI=1S/C23H22N4O3S/c1-15(2)27-22-18(14-24-27)17(13-20(25-22)16-9-5-4-6-10-16)23(28)26-19-11-7-8-12-21(19)31(3,29)30/h4-15H,1-3H3,(H,26,28). The van der Waals surface area contributed by atoms with Crippen molar-refractivity contribution in [2.45, 2.75) is 24.8 Å². The van der Waals surface area contributed by atoms with Crippen LogP contribution in [0, 0.1) is 0 Å². The molecule has 1 N–H and O–H groups in total. The molecule has 0 aliphatic carbocycles. The predicted octanol–water partition coefficient (Wildman–Crippen LogP) is 4.34. The molecule has 7 nitrogen and oxygen atoms in total. The fourth-order valence-corrected chi connectivity index (χ4v) is 4.27. The molecule has 2 aromatic carbocycles. The fourth-order valence-electron chi connectivity index (χ4n) is 3.42. The highest BCUT2D eigenvalue weighted by atomic mass is 32.2. The van der Waals surface area contributed by atoms with Crippen molar-refractivity contribution in [3.8, 4) is 11.3 Å². The molecular weight excluding hydrogens is 412 g/mol. The minimum atomic E-state index is -3.51. The van der Waals surface area contributed by atoms with Gasteiger partial charge in [0.2, 0.25) is 0 Å². The van der Waals surface area contributed by atoms with Crippen LogP contribution in [0.5, 0.6) is 0 Å². The van der Waals surface area contributed by atoms with Gasteiger partial charge in [-0.1, -0.05) is 42.5 Å². The van der Waals surface area contributed by atoms with Crippen molar-refractivity contribution in [1.29, 1.82) is 0 Å². The summed E-state index contributed by atoms with van der Waals surface area (Å²) >= 11 is 0. The van der Waals surface area contributed by atoms with E-state index in [2.05, 4.69) is 10.4 Å². The summed E-state index contributed by atoms with van der Waals surface area (Å²) in [6.45, 7) is 3.98. The van der Waals surface area contributed by atoms with Gasteiger partial charge in [0, 0.05) is 17.9 Å². The van der Waals surface area contributed by atoms with Crippen molar-refractivity contribution in [2.75, 3.05) is 11.6 Å². The van der Waals surface area contributed by atoms with E-state index in [4.69, 9.17) is 4.98 Å². The Bertz CT molecular complexity index is 1380. The summed E-state index contributed by atoms with van der Waals surface area (Å²) < 4.78 is 26.0.